The fraction of sp³-hybridized carbons (Fsp3) is 0.750. The lowest BCUT2D eigenvalue weighted by atomic mass is 9.88. The molecular formula is C24H34N4O4. The molecule has 2 amide bonds. The summed E-state index contributed by atoms with van der Waals surface area (Å²) in [6, 6.07) is -0.233. The highest BCUT2D eigenvalue weighted by Gasteiger charge is 2.37. The summed E-state index contributed by atoms with van der Waals surface area (Å²) >= 11 is 0. The van der Waals surface area contributed by atoms with Gasteiger partial charge in [0.1, 0.15) is 11.9 Å². The first-order valence-electron chi connectivity index (χ1n) is 12.4. The summed E-state index contributed by atoms with van der Waals surface area (Å²) in [4.78, 5) is 50.7. The van der Waals surface area contributed by atoms with Crippen LogP contribution in [0.2, 0.25) is 0 Å². The number of nitrogens with one attached hydrogen (secondary N) is 1. The molecule has 0 bridgehead atoms. The number of H-pyrrole nitrogens is 1. The van der Waals surface area contributed by atoms with Gasteiger partial charge in [0.2, 0.25) is 5.91 Å². The third-order valence-corrected chi connectivity index (χ3v) is 7.66. The fourth-order valence-electron chi connectivity index (χ4n) is 5.85. The van der Waals surface area contributed by atoms with Gasteiger partial charge in [0.15, 0.2) is 0 Å². The molecule has 3 fully saturated rings. The number of amides is 2. The van der Waals surface area contributed by atoms with Crippen molar-refractivity contribution in [1.29, 1.82) is 0 Å². The molecule has 4 heterocycles. The van der Waals surface area contributed by atoms with E-state index in [1.807, 2.05) is 9.80 Å². The summed E-state index contributed by atoms with van der Waals surface area (Å²) in [6.07, 6.45) is 9.97. The molecule has 1 aromatic rings. The second-order valence-electron chi connectivity index (χ2n) is 9.77. The number of aromatic nitrogens is 2. The molecule has 5 rings (SSSR count). The summed E-state index contributed by atoms with van der Waals surface area (Å²) in [5.74, 6) is 0.907. The number of rotatable bonds is 3. The molecule has 1 aliphatic carbocycles. The van der Waals surface area contributed by atoms with Gasteiger partial charge in [0.05, 0.1) is 18.3 Å². The van der Waals surface area contributed by atoms with Crippen molar-refractivity contribution in [1.82, 2.24) is 19.8 Å². The summed E-state index contributed by atoms with van der Waals surface area (Å²) < 4.78 is 5.64. The largest absolute Gasteiger partial charge is 0.368 e. The zero-order valence-electron chi connectivity index (χ0n) is 18.8. The van der Waals surface area contributed by atoms with Crippen LogP contribution in [0.5, 0.6) is 0 Å². The zero-order chi connectivity index (χ0) is 22.1. The van der Waals surface area contributed by atoms with Crippen molar-refractivity contribution in [2.45, 2.75) is 89.3 Å². The van der Waals surface area contributed by atoms with Crippen molar-refractivity contribution in [3.63, 3.8) is 0 Å². The molecule has 1 saturated carbocycles. The van der Waals surface area contributed by atoms with Crippen LogP contribution in [-0.2, 0) is 27.3 Å². The van der Waals surface area contributed by atoms with E-state index < -0.39 is 0 Å². The minimum atomic E-state index is -0.372. The number of hydrogen-bond donors (Lipinski definition) is 1. The van der Waals surface area contributed by atoms with Gasteiger partial charge in [-0.1, -0.05) is 19.3 Å². The van der Waals surface area contributed by atoms with Crippen LogP contribution < -0.4 is 5.56 Å². The van der Waals surface area contributed by atoms with Crippen LogP contribution in [0.4, 0.5) is 0 Å². The molecule has 0 spiro atoms. The minimum Gasteiger partial charge on any atom is -0.368 e. The predicted molar refractivity (Wildman–Crippen MR) is 118 cm³/mol. The number of carbonyl (C=O) groups is 2. The van der Waals surface area contributed by atoms with E-state index >= 15 is 0 Å². The van der Waals surface area contributed by atoms with Gasteiger partial charge < -0.3 is 19.5 Å². The number of ether oxygens (including phenoxy) is 1. The van der Waals surface area contributed by atoms with Gasteiger partial charge in [-0.25, -0.2) is 4.98 Å². The minimum absolute atomic E-state index is 0.0154. The summed E-state index contributed by atoms with van der Waals surface area (Å²) in [5, 5.41) is 0. The Hall–Kier alpha value is -2.22. The highest BCUT2D eigenvalue weighted by atomic mass is 16.5. The molecule has 8 nitrogen and oxygen atoms in total. The molecule has 0 radical (unpaired) electrons. The maximum absolute atomic E-state index is 13.1. The number of piperidine rings is 1. The Balaban J connectivity index is 1.37. The van der Waals surface area contributed by atoms with Gasteiger partial charge in [-0.2, -0.15) is 0 Å². The van der Waals surface area contributed by atoms with E-state index in [1.165, 1.54) is 6.42 Å². The number of fused-ring (bicyclic) bond motifs is 1. The van der Waals surface area contributed by atoms with Gasteiger partial charge in [-0.3, -0.25) is 14.4 Å². The zero-order valence-corrected chi connectivity index (χ0v) is 18.8. The highest BCUT2D eigenvalue weighted by Crippen LogP contribution is 2.32. The summed E-state index contributed by atoms with van der Waals surface area (Å²) in [5.41, 5.74) is 1.27. The lowest BCUT2D eigenvalue weighted by molar-refractivity contribution is -0.145. The maximum Gasteiger partial charge on any atom is 0.254 e. The second kappa shape index (κ2) is 9.33. The Bertz CT molecular complexity index is 917. The van der Waals surface area contributed by atoms with E-state index in [1.54, 1.807) is 0 Å². The predicted octanol–water partition coefficient (Wildman–Crippen LogP) is 2.47. The SMILES string of the molecule is O=C(C1CCCCC1)N1CCc2c(nc([C@@H]3CCCCN3C(=O)[C@@H]3CCCO3)[nH]c2=O)C1. The van der Waals surface area contributed by atoms with E-state index in [9.17, 15) is 14.4 Å². The van der Waals surface area contributed by atoms with E-state index in [0.29, 0.717) is 49.7 Å². The van der Waals surface area contributed by atoms with Gasteiger partial charge in [0, 0.05) is 31.2 Å². The number of hydrogen-bond acceptors (Lipinski definition) is 5. The van der Waals surface area contributed by atoms with Crippen molar-refractivity contribution in [2.75, 3.05) is 19.7 Å². The molecule has 8 heteroatoms. The quantitative estimate of drug-likeness (QED) is 0.776. The smallest absolute Gasteiger partial charge is 0.254 e. The average Bonchev–Trinajstić information content (AvgIpc) is 3.38. The maximum atomic E-state index is 13.1. The molecule has 1 N–H and O–H groups in total. The van der Waals surface area contributed by atoms with Crippen molar-refractivity contribution in [2.24, 2.45) is 5.92 Å². The van der Waals surface area contributed by atoms with Crippen LogP contribution >= 0.6 is 0 Å². The molecule has 4 aliphatic rings. The summed E-state index contributed by atoms with van der Waals surface area (Å²) in [6.45, 7) is 2.28. The van der Waals surface area contributed by atoms with Crippen molar-refractivity contribution in [3.8, 4) is 0 Å². The van der Waals surface area contributed by atoms with Crippen molar-refractivity contribution >= 4 is 11.8 Å². The van der Waals surface area contributed by atoms with Gasteiger partial charge in [0.25, 0.3) is 11.5 Å². The van der Waals surface area contributed by atoms with E-state index in [-0.39, 0.29) is 35.4 Å². The van der Waals surface area contributed by atoms with Crippen LogP contribution in [-0.4, -0.2) is 57.4 Å². The Morgan fingerprint density at radius 3 is 2.53 bits per heavy atom. The van der Waals surface area contributed by atoms with Crippen LogP contribution in [0.3, 0.4) is 0 Å². The molecule has 2 atom stereocenters. The van der Waals surface area contributed by atoms with Crippen molar-refractivity contribution < 1.29 is 14.3 Å². The topological polar surface area (TPSA) is 95.6 Å². The van der Waals surface area contributed by atoms with Crippen LogP contribution in [0.15, 0.2) is 4.79 Å². The Morgan fingerprint density at radius 2 is 1.75 bits per heavy atom. The summed E-state index contributed by atoms with van der Waals surface area (Å²) in [7, 11) is 0. The first-order valence-corrected chi connectivity index (χ1v) is 12.4. The Morgan fingerprint density at radius 1 is 0.938 bits per heavy atom. The molecule has 1 aromatic heterocycles. The number of likely N-dealkylation sites (tertiary alicyclic amines) is 1. The molecule has 0 aromatic carbocycles. The lowest BCUT2D eigenvalue weighted by Gasteiger charge is -2.37. The number of nitrogens with zero attached hydrogens (tertiary/aromatic N) is 3. The van der Waals surface area contributed by atoms with E-state index in [0.717, 1.165) is 57.8 Å². The molecule has 32 heavy (non-hydrogen) atoms. The fourth-order valence-corrected chi connectivity index (χ4v) is 5.85. The van der Waals surface area contributed by atoms with Crippen LogP contribution in [0.1, 0.15) is 87.3 Å². The van der Waals surface area contributed by atoms with Gasteiger partial charge in [-0.15, -0.1) is 0 Å². The van der Waals surface area contributed by atoms with Crippen LogP contribution in [0.25, 0.3) is 0 Å². The Kier molecular flexibility index (Phi) is 6.31. The molecule has 0 unspecified atom stereocenters. The highest BCUT2D eigenvalue weighted by molar-refractivity contribution is 5.81. The first-order chi connectivity index (χ1) is 15.6. The van der Waals surface area contributed by atoms with E-state index in [4.69, 9.17) is 9.72 Å². The van der Waals surface area contributed by atoms with Gasteiger partial charge >= 0.3 is 0 Å². The average molecular weight is 443 g/mol. The first kappa shape index (κ1) is 21.6. The normalized spacial score (nSPS) is 26.8. The molecule has 174 valence electrons. The van der Waals surface area contributed by atoms with Gasteiger partial charge in [-0.05, 0) is 51.4 Å². The second-order valence-corrected chi connectivity index (χ2v) is 9.77. The third-order valence-electron chi connectivity index (χ3n) is 7.66. The number of aromatic amines is 1. The standard InChI is InChI=1S/C24H34N4O4/c29-22-17-11-13-27(23(30)16-7-2-1-3-8-16)15-18(17)25-21(26-22)19-9-4-5-12-28(19)24(31)20-10-6-14-32-20/h16,19-20H,1-15H2,(H,25,26,29)/t19-,20-/m0/s1. The molecule has 2 saturated heterocycles. The monoisotopic (exact) mass is 442 g/mol. The van der Waals surface area contributed by atoms with Crippen molar-refractivity contribution in [3.05, 3.63) is 27.4 Å². The van der Waals surface area contributed by atoms with E-state index in [2.05, 4.69) is 4.98 Å². The third kappa shape index (κ3) is 4.21. The van der Waals surface area contributed by atoms with Crippen LogP contribution in [0, 0.1) is 5.92 Å². The number of carbonyl (C=O) groups excluding carboxylic acids is 2. The lowest BCUT2D eigenvalue weighted by Crippen LogP contribution is -2.46. The molecule has 3 aliphatic heterocycles. The Labute approximate surface area is 188 Å². The molecular weight excluding hydrogens is 408 g/mol.